The molecule has 8 heteroatoms. The smallest absolute Gasteiger partial charge is 0.233 e. The predicted octanol–water partition coefficient (Wildman–Crippen LogP) is 3.85. The van der Waals surface area contributed by atoms with Crippen molar-refractivity contribution in [3.05, 3.63) is 59.8 Å². The maximum absolute atomic E-state index is 14.3. The number of hydrogen-bond donors (Lipinski definition) is 2. The molecular weight excluding hydrogens is 345 g/mol. The van der Waals surface area contributed by atoms with Gasteiger partial charge in [0, 0.05) is 18.2 Å². The van der Waals surface area contributed by atoms with E-state index in [1.165, 1.54) is 12.4 Å². The zero-order valence-electron chi connectivity index (χ0n) is 14.9. The van der Waals surface area contributed by atoms with E-state index in [2.05, 4.69) is 30.5 Å². The lowest BCUT2D eigenvalue weighted by molar-refractivity contribution is 0.577. The largest absolute Gasteiger partial charge is 0.334 e. The maximum atomic E-state index is 14.3. The van der Waals surface area contributed by atoms with E-state index in [-0.39, 0.29) is 11.9 Å². The highest BCUT2D eigenvalue weighted by molar-refractivity contribution is 5.55. The lowest BCUT2D eigenvalue weighted by atomic mass is 10.0. The maximum Gasteiger partial charge on any atom is 0.233 e. The second-order valence-corrected chi connectivity index (χ2v) is 6.32. The van der Waals surface area contributed by atoms with E-state index < -0.39 is 0 Å². The summed E-state index contributed by atoms with van der Waals surface area (Å²) in [7, 11) is 0. The number of nitrogens with one attached hydrogen (secondary N) is 2. The van der Waals surface area contributed by atoms with Crippen molar-refractivity contribution in [2.24, 2.45) is 0 Å². The summed E-state index contributed by atoms with van der Waals surface area (Å²) in [6.07, 6.45) is 7.12. The number of nitrogens with zero attached hydrogens (tertiary/aromatic N) is 5. The molecule has 4 rings (SSSR count). The summed E-state index contributed by atoms with van der Waals surface area (Å²) in [5.41, 5.74) is 1.56. The Bertz CT molecular complexity index is 952. The van der Waals surface area contributed by atoms with Gasteiger partial charge in [-0.15, -0.1) is 0 Å². The Morgan fingerprint density at radius 1 is 1.30 bits per heavy atom. The van der Waals surface area contributed by atoms with Crippen molar-refractivity contribution in [1.82, 2.24) is 25.1 Å². The monoisotopic (exact) mass is 365 g/mol. The van der Waals surface area contributed by atoms with Crippen LogP contribution in [0, 0.1) is 5.82 Å². The van der Waals surface area contributed by atoms with Crippen molar-refractivity contribution in [1.29, 1.82) is 0 Å². The number of halogens is 1. The molecular formula is C19H20FN7. The topological polar surface area (TPSA) is 82.6 Å². The first-order valence-corrected chi connectivity index (χ1v) is 8.90. The van der Waals surface area contributed by atoms with Crippen LogP contribution in [0.5, 0.6) is 0 Å². The summed E-state index contributed by atoms with van der Waals surface area (Å²) >= 11 is 0. The van der Waals surface area contributed by atoms with E-state index in [9.17, 15) is 4.39 Å². The van der Waals surface area contributed by atoms with Crippen molar-refractivity contribution >= 4 is 23.8 Å². The van der Waals surface area contributed by atoms with Crippen LogP contribution in [0.4, 0.5) is 22.1 Å². The fourth-order valence-corrected chi connectivity index (χ4v) is 3.34. The summed E-state index contributed by atoms with van der Waals surface area (Å²) in [5, 5.41) is 10.2. The van der Waals surface area contributed by atoms with E-state index in [4.69, 9.17) is 0 Å². The van der Waals surface area contributed by atoms with Crippen molar-refractivity contribution in [2.75, 3.05) is 16.8 Å². The number of anilines is 3. The Labute approximate surface area is 156 Å². The number of H-pyrrole nitrogens is 1. The number of allylic oxidation sites excluding steroid dienone is 1. The second kappa shape index (κ2) is 7.53. The molecule has 0 aliphatic carbocycles. The van der Waals surface area contributed by atoms with Gasteiger partial charge in [0.25, 0.3) is 0 Å². The lowest BCUT2D eigenvalue weighted by Gasteiger charge is -2.25. The average molecular weight is 365 g/mol. The van der Waals surface area contributed by atoms with Crippen LogP contribution in [-0.4, -0.2) is 31.7 Å². The van der Waals surface area contributed by atoms with Gasteiger partial charge in [-0.2, -0.15) is 10.1 Å². The van der Waals surface area contributed by atoms with Gasteiger partial charge in [-0.1, -0.05) is 24.3 Å². The number of rotatable bonds is 5. The SMILES string of the molecule is C/C=C/c1cc(Nc2ncnc(N3CCCC3c3ccccc3F)n2)n[nH]1. The molecule has 0 bridgehead atoms. The Kier molecular flexibility index (Phi) is 4.78. The van der Waals surface area contributed by atoms with Crippen LogP contribution in [-0.2, 0) is 0 Å². The fraction of sp³-hybridized carbons (Fsp3) is 0.263. The van der Waals surface area contributed by atoms with Gasteiger partial charge in [0.05, 0.1) is 11.7 Å². The summed E-state index contributed by atoms with van der Waals surface area (Å²) in [5.74, 6) is 1.35. The third-order valence-corrected chi connectivity index (χ3v) is 4.52. The minimum Gasteiger partial charge on any atom is -0.334 e. The zero-order chi connectivity index (χ0) is 18.6. The molecule has 1 aliphatic rings. The molecule has 1 atom stereocenters. The molecule has 1 aliphatic heterocycles. The summed E-state index contributed by atoms with van der Waals surface area (Å²) in [6, 6.07) is 8.66. The second-order valence-electron chi connectivity index (χ2n) is 6.32. The first-order chi connectivity index (χ1) is 13.2. The van der Waals surface area contributed by atoms with E-state index in [1.54, 1.807) is 6.07 Å². The van der Waals surface area contributed by atoms with Gasteiger partial charge in [0.15, 0.2) is 5.82 Å². The van der Waals surface area contributed by atoms with Gasteiger partial charge in [0.2, 0.25) is 11.9 Å². The summed E-state index contributed by atoms with van der Waals surface area (Å²) in [4.78, 5) is 15.0. The molecule has 1 saturated heterocycles. The Morgan fingerprint density at radius 3 is 3.04 bits per heavy atom. The van der Waals surface area contributed by atoms with E-state index in [1.807, 2.05) is 42.2 Å². The van der Waals surface area contributed by atoms with Gasteiger partial charge in [0.1, 0.15) is 12.1 Å². The fourth-order valence-electron chi connectivity index (χ4n) is 3.34. The summed E-state index contributed by atoms with van der Waals surface area (Å²) in [6.45, 7) is 2.71. The molecule has 1 unspecified atom stereocenters. The molecule has 2 N–H and O–H groups in total. The van der Waals surface area contributed by atoms with Crippen molar-refractivity contribution in [3.63, 3.8) is 0 Å². The Balaban J connectivity index is 1.57. The van der Waals surface area contributed by atoms with Crippen LogP contribution in [0.2, 0.25) is 0 Å². The molecule has 1 aromatic carbocycles. The normalized spacial score (nSPS) is 17.0. The van der Waals surface area contributed by atoms with Crippen LogP contribution in [0.25, 0.3) is 6.08 Å². The highest BCUT2D eigenvalue weighted by atomic mass is 19.1. The first kappa shape index (κ1) is 17.1. The Morgan fingerprint density at radius 2 is 2.19 bits per heavy atom. The quantitative estimate of drug-likeness (QED) is 0.715. The molecule has 0 amide bonds. The summed E-state index contributed by atoms with van der Waals surface area (Å²) < 4.78 is 14.3. The van der Waals surface area contributed by atoms with Gasteiger partial charge in [-0.25, -0.2) is 14.4 Å². The first-order valence-electron chi connectivity index (χ1n) is 8.90. The van der Waals surface area contributed by atoms with Crippen LogP contribution in [0.1, 0.15) is 37.1 Å². The molecule has 1 fully saturated rings. The molecule has 0 saturated carbocycles. The van der Waals surface area contributed by atoms with Gasteiger partial charge < -0.3 is 10.2 Å². The zero-order valence-corrected chi connectivity index (χ0v) is 14.9. The van der Waals surface area contributed by atoms with Crippen LogP contribution in [0.15, 0.2) is 42.7 Å². The number of aromatic amines is 1. The molecule has 0 radical (unpaired) electrons. The molecule has 0 spiro atoms. The van der Waals surface area contributed by atoms with Crippen LogP contribution >= 0.6 is 0 Å². The minimum atomic E-state index is -0.199. The third kappa shape index (κ3) is 3.64. The van der Waals surface area contributed by atoms with Crippen molar-refractivity contribution in [3.8, 4) is 0 Å². The van der Waals surface area contributed by atoms with Gasteiger partial charge >= 0.3 is 0 Å². The molecule has 7 nitrogen and oxygen atoms in total. The van der Waals surface area contributed by atoms with Gasteiger partial charge in [-0.05, 0) is 31.9 Å². The third-order valence-electron chi connectivity index (χ3n) is 4.52. The molecule has 138 valence electrons. The van der Waals surface area contributed by atoms with Crippen molar-refractivity contribution in [2.45, 2.75) is 25.8 Å². The van der Waals surface area contributed by atoms with Crippen molar-refractivity contribution < 1.29 is 4.39 Å². The predicted molar refractivity (Wildman–Crippen MR) is 102 cm³/mol. The van der Waals surface area contributed by atoms with E-state index in [0.717, 1.165) is 25.1 Å². The van der Waals surface area contributed by atoms with Crippen LogP contribution in [0.3, 0.4) is 0 Å². The molecule has 3 heterocycles. The molecule has 27 heavy (non-hydrogen) atoms. The standard InChI is InChI=1S/C19H20FN7/c1-2-6-13-11-17(26-25-13)23-18-21-12-22-19(24-18)27-10-5-9-16(27)14-7-3-4-8-15(14)20/h2-4,6-8,11-12,16H,5,9-10H2,1H3,(H2,21,22,23,24,25,26)/b6-2+. The number of aromatic nitrogens is 5. The average Bonchev–Trinajstić information content (AvgIpc) is 3.32. The van der Waals surface area contributed by atoms with E-state index >= 15 is 0 Å². The number of benzene rings is 1. The van der Waals surface area contributed by atoms with E-state index in [0.29, 0.717) is 23.3 Å². The lowest BCUT2D eigenvalue weighted by Crippen LogP contribution is -2.25. The van der Waals surface area contributed by atoms with Gasteiger partial charge in [-0.3, -0.25) is 5.10 Å². The highest BCUT2D eigenvalue weighted by Gasteiger charge is 2.30. The molecule has 2 aromatic heterocycles. The Hall–Kier alpha value is -3.29. The number of hydrogen-bond acceptors (Lipinski definition) is 6. The minimum absolute atomic E-state index is 0.0758. The van der Waals surface area contributed by atoms with Crippen LogP contribution < -0.4 is 10.2 Å². The molecule has 3 aromatic rings. The highest BCUT2D eigenvalue weighted by Crippen LogP contribution is 2.35.